The molecule has 0 atom stereocenters. The Balaban J connectivity index is 1.71. The fourth-order valence-corrected chi connectivity index (χ4v) is 4.65. The van der Waals surface area contributed by atoms with Crippen molar-refractivity contribution in [3.8, 4) is 5.69 Å². The summed E-state index contributed by atoms with van der Waals surface area (Å²) in [6.07, 6.45) is 2.56. The second kappa shape index (κ2) is 9.27. The standard InChI is InChI=1S/C29H31N3O2S/c1-7-20-8-12-24(13-9-20)32-27(34)25(26(33)30-28(32)35)17-21-16-18(2)31(19(21)3)23-14-10-22(11-15-23)29(4,5)6/h8-17H,7H2,1-6H3,(H,30,33,35)/b25-17+. The zero-order valence-electron chi connectivity index (χ0n) is 21.1. The summed E-state index contributed by atoms with van der Waals surface area (Å²) >= 11 is 5.33. The van der Waals surface area contributed by atoms with E-state index >= 15 is 0 Å². The van der Waals surface area contributed by atoms with E-state index in [1.54, 1.807) is 6.08 Å². The second-order valence-corrected chi connectivity index (χ2v) is 10.3. The smallest absolute Gasteiger partial charge is 0.270 e. The molecule has 2 heterocycles. The average molecular weight is 486 g/mol. The molecule has 1 aromatic heterocycles. The Kier molecular flexibility index (Phi) is 6.52. The van der Waals surface area contributed by atoms with E-state index in [-0.39, 0.29) is 16.1 Å². The molecule has 0 saturated carbocycles. The SMILES string of the molecule is CCc1ccc(N2C(=O)/C(=C/c3cc(C)n(-c4ccc(C(C)(C)C)cc4)c3C)C(=O)NC2=S)cc1. The van der Waals surface area contributed by atoms with Crippen LogP contribution in [0.15, 0.2) is 60.2 Å². The van der Waals surface area contributed by atoms with Crippen molar-refractivity contribution in [2.45, 2.75) is 53.4 Å². The van der Waals surface area contributed by atoms with Gasteiger partial charge in [0.15, 0.2) is 5.11 Å². The van der Waals surface area contributed by atoms with Crippen molar-refractivity contribution in [1.82, 2.24) is 9.88 Å². The van der Waals surface area contributed by atoms with Crippen molar-refractivity contribution in [3.63, 3.8) is 0 Å². The summed E-state index contributed by atoms with van der Waals surface area (Å²) in [7, 11) is 0. The number of rotatable bonds is 4. The van der Waals surface area contributed by atoms with E-state index in [0.29, 0.717) is 5.69 Å². The normalized spacial score (nSPS) is 15.7. The summed E-state index contributed by atoms with van der Waals surface area (Å²) in [4.78, 5) is 27.6. The number of aromatic nitrogens is 1. The molecule has 4 rings (SSSR count). The number of nitrogens with zero attached hydrogens (tertiary/aromatic N) is 2. The van der Waals surface area contributed by atoms with Gasteiger partial charge in [0.25, 0.3) is 11.8 Å². The number of nitrogens with one attached hydrogen (secondary N) is 1. The van der Waals surface area contributed by atoms with Gasteiger partial charge >= 0.3 is 0 Å². The van der Waals surface area contributed by atoms with Crippen LogP contribution in [0.1, 0.15) is 55.8 Å². The van der Waals surface area contributed by atoms with Crippen molar-refractivity contribution >= 4 is 40.9 Å². The van der Waals surface area contributed by atoms with Crippen molar-refractivity contribution in [3.05, 3.63) is 88.2 Å². The summed E-state index contributed by atoms with van der Waals surface area (Å²) in [5.41, 5.74) is 7.01. The number of aryl methyl sites for hydroxylation is 2. The van der Waals surface area contributed by atoms with Gasteiger partial charge in [0.05, 0.1) is 5.69 Å². The van der Waals surface area contributed by atoms with Crippen LogP contribution >= 0.6 is 12.2 Å². The van der Waals surface area contributed by atoms with Crippen LogP contribution in [0, 0.1) is 13.8 Å². The number of carbonyl (C=O) groups is 2. The summed E-state index contributed by atoms with van der Waals surface area (Å²) < 4.78 is 2.13. The molecule has 0 unspecified atom stereocenters. The maximum atomic E-state index is 13.4. The van der Waals surface area contributed by atoms with Crippen molar-refractivity contribution in [1.29, 1.82) is 0 Å². The minimum absolute atomic E-state index is 0.0569. The molecule has 2 amide bonds. The molecule has 1 saturated heterocycles. The Morgan fingerprint density at radius 1 is 0.943 bits per heavy atom. The summed E-state index contributed by atoms with van der Waals surface area (Å²) in [5.74, 6) is -0.914. The van der Waals surface area contributed by atoms with E-state index in [1.807, 2.05) is 44.2 Å². The lowest BCUT2D eigenvalue weighted by Gasteiger charge is -2.29. The van der Waals surface area contributed by atoms with Gasteiger partial charge in [0.1, 0.15) is 5.57 Å². The largest absolute Gasteiger partial charge is 0.318 e. The zero-order chi connectivity index (χ0) is 25.5. The molecule has 1 aliphatic rings. The lowest BCUT2D eigenvalue weighted by Crippen LogP contribution is -2.54. The topological polar surface area (TPSA) is 54.3 Å². The minimum atomic E-state index is -0.485. The minimum Gasteiger partial charge on any atom is -0.318 e. The molecule has 1 N–H and O–H groups in total. The molecule has 0 bridgehead atoms. The monoisotopic (exact) mass is 485 g/mol. The molecule has 6 heteroatoms. The first-order chi connectivity index (χ1) is 16.5. The highest BCUT2D eigenvalue weighted by atomic mass is 32.1. The summed E-state index contributed by atoms with van der Waals surface area (Å²) in [6.45, 7) is 12.7. The highest BCUT2D eigenvalue weighted by Crippen LogP contribution is 2.28. The number of benzene rings is 2. The van der Waals surface area contributed by atoms with E-state index in [0.717, 1.165) is 34.6 Å². The number of carbonyl (C=O) groups excluding carboxylic acids is 2. The molecule has 5 nitrogen and oxygen atoms in total. The van der Waals surface area contributed by atoms with Crippen LogP contribution in [-0.2, 0) is 21.4 Å². The van der Waals surface area contributed by atoms with Crippen LogP contribution in [-0.4, -0.2) is 21.5 Å². The molecule has 3 aromatic rings. The van der Waals surface area contributed by atoms with E-state index in [9.17, 15) is 9.59 Å². The molecule has 180 valence electrons. The fourth-order valence-electron chi connectivity index (χ4n) is 4.37. The van der Waals surface area contributed by atoms with E-state index in [1.165, 1.54) is 10.5 Å². The van der Waals surface area contributed by atoms with Gasteiger partial charge in [-0.15, -0.1) is 0 Å². The second-order valence-electron chi connectivity index (χ2n) is 9.94. The third kappa shape index (κ3) is 4.71. The quantitative estimate of drug-likeness (QED) is 0.289. The van der Waals surface area contributed by atoms with Crippen LogP contribution < -0.4 is 10.2 Å². The summed E-state index contributed by atoms with van der Waals surface area (Å²) in [6, 6.07) is 18.1. The zero-order valence-corrected chi connectivity index (χ0v) is 21.9. The van der Waals surface area contributed by atoms with Crippen LogP contribution in [0.3, 0.4) is 0 Å². The van der Waals surface area contributed by atoms with Crippen LogP contribution in [0.25, 0.3) is 11.8 Å². The van der Waals surface area contributed by atoms with Gasteiger partial charge in [-0.1, -0.05) is 52.0 Å². The van der Waals surface area contributed by atoms with E-state index in [2.05, 4.69) is 61.8 Å². The Bertz CT molecular complexity index is 1340. The van der Waals surface area contributed by atoms with Crippen LogP contribution in [0.2, 0.25) is 0 Å². The number of hydrogen-bond acceptors (Lipinski definition) is 3. The van der Waals surface area contributed by atoms with Gasteiger partial charge in [0.2, 0.25) is 0 Å². The first kappa shape index (κ1) is 24.6. The maximum Gasteiger partial charge on any atom is 0.270 e. The van der Waals surface area contributed by atoms with Gasteiger partial charge in [-0.2, -0.15) is 0 Å². The van der Waals surface area contributed by atoms with Crippen molar-refractivity contribution in [2.24, 2.45) is 0 Å². The third-order valence-electron chi connectivity index (χ3n) is 6.47. The molecule has 1 fully saturated rings. The van der Waals surface area contributed by atoms with Gasteiger partial charge in [-0.05, 0) is 91.0 Å². The molecule has 1 aliphatic heterocycles. The van der Waals surface area contributed by atoms with Gasteiger partial charge in [-0.25, -0.2) is 0 Å². The Morgan fingerprint density at radius 3 is 2.11 bits per heavy atom. The first-order valence-electron chi connectivity index (χ1n) is 11.8. The van der Waals surface area contributed by atoms with Crippen molar-refractivity contribution in [2.75, 3.05) is 4.90 Å². The highest BCUT2D eigenvalue weighted by Gasteiger charge is 2.34. The molecular weight excluding hydrogens is 454 g/mol. The Labute approximate surface area is 212 Å². The lowest BCUT2D eigenvalue weighted by atomic mass is 9.87. The number of amides is 2. The maximum absolute atomic E-state index is 13.4. The molecule has 0 aliphatic carbocycles. The predicted octanol–water partition coefficient (Wildman–Crippen LogP) is 5.79. The molecule has 35 heavy (non-hydrogen) atoms. The van der Waals surface area contributed by atoms with Gasteiger partial charge < -0.3 is 4.57 Å². The summed E-state index contributed by atoms with van der Waals surface area (Å²) in [5, 5.41) is 2.76. The Hall–Kier alpha value is -3.51. The van der Waals surface area contributed by atoms with E-state index in [4.69, 9.17) is 12.2 Å². The van der Waals surface area contributed by atoms with Crippen LogP contribution in [0.5, 0.6) is 0 Å². The molecule has 0 spiro atoms. The lowest BCUT2D eigenvalue weighted by molar-refractivity contribution is -0.122. The third-order valence-corrected chi connectivity index (χ3v) is 6.75. The van der Waals surface area contributed by atoms with Gasteiger partial charge in [-0.3, -0.25) is 19.8 Å². The molecule has 2 aromatic carbocycles. The van der Waals surface area contributed by atoms with Crippen LogP contribution in [0.4, 0.5) is 5.69 Å². The Morgan fingerprint density at radius 2 is 1.54 bits per heavy atom. The van der Waals surface area contributed by atoms with E-state index < -0.39 is 11.8 Å². The highest BCUT2D eigenvalue weighted by molar-refractivity contribution is 7.80. The first-order valence-corrected chi connectivity index (χ1v) is 12.2. The average Bonchev–Trinajstić information content (AvgIpc) is 3.09. The fraction of sp³-hybridized carbons (Fsp3) is 0.276. The van der Waals surface area contributed by atoms with Gasteiger partial charge in [0, 0.05) is 17.1 Å². The number of anilines is 1. The number of hydrogen-bond donors (Lipinski definition) is 1. The molecule has 0 radical (unpaired) electrons. The van der Waals surface area contributed by atoms with Crippen molar-refractivity contribution < 1.29 is 9.59 Å². The number of thiocarbonyl (C=S) groups is 1. The predicted molar refractivity (Wildman–Crippen MR) is 146 cm³/mol. The molecular formula is C29H31N3O2S.